The molecule has 8 heteroatoms. The molecule has 1 atom stereocenters. The fourth-order valence-corrected chi connectivity index (χ4v) is 2.85. The summed E-state index contributed by atoms with van der Waals surface area (Å²) in [7, 11) is 0. The Morgan fingerprint density at radius 3 is 2.62 bits per heavy atom. The van der Waals surface area contributed by atoms with Gasteiger partial charge in [-0.25, -0.2) is 9.48 Å². The minimum Gasteiger partial charge on any atom is -0.480 e. The van der Waals surface area contributed by atoms with E-state index in [1.165, 1.54) is 11.8 Å². The first-order valence-electron chi connectivity index (χ1n) is 7.41. The zero-order chi connectivity index (χ0) is 17.7. The van der Waals surface area contributed by atoms with Crippen molar-refractivity contribution in [1.29, 1.82) is 0 Å². The van der Waals surface area contributed by atoms with E-state index in [1.54, 1.807) is 25.1 Å². The summed E-state index contributed by atoms with van der Waals surface area (Å²) in [6.45, 7) is 1.45. The van der Waals surface area contributed by atoms with Gasteiger partial charge >= 0.3 is 5.97 Å². The maximum absolute atomic E-state index is 12.4. The molecule has 2 N–H and O–H groups in total. The number of nitrogens with zero attached hydrogens (tertiary/aromatic N) is 2. The molecule has 0 saturated carbocycles. The van der Waals surface area contributed by atoms with E-state index in [-0.39, 0.29) is 12.1 Å². The number of benzene rings is 1. The lowest BCUT2D eigenvalue weighted by Crippen LogP contribution is -2.44. The molecule has 0 aliphatic rings. The number of carbonyl (C=O) groups excluding carboxylic acids is 1. The number of nitrogens with one attached hydrogen (secondary N) is 1. The van der Waals surface area contributed by atoms with Gasteiger partial charge in [0, 0.05) is 5.39 Å². The molecule has 24 heavy (non-hydrogen) atoms. The molecule has 128 valence electrons. The molecule has 2 aromatic rings. The standard InChI is InChI=1S/C16H19N3O4S/c1-10-11-5-3-4-6-12(11)15(21)19(18-10)9-14(20)17-13(16(22)23)7-8-24-2/h3-6,13H,7-9H2,1-2H3,(H,17,20)(H,22,23)/t13-/m0/s1. The Bertz CT molecular complexity index is 819. The first-order valence-corrected chi connectivity index (χ1v) is 8.81. The third-order valence-electron chi connectivity index (χ3n) is 3.59. The molecule has 7 nitrogen and oxygen atoms in total. The molecule has 0 fully saturated rings. The van der Waals surface area contributed by atoms with Gasteiger partial charge in [0.2, 0.25) is 5.91 Å². The van der Waals surface area contributed by atoms with E-state index in [0.29, 0.717) is 23.3 Å². The molecule has 0 bridgehead atoms. The van der Waals surface area contributed by atoms with Crippen LogP contribution in [0.5, 0.6) is 0 Å². The molecular formula is C16H19N3O4S. The number of amides is 1. The molecule has 0 aliphatic heterocycles. The summed E-state index contributed by atoms with van der Waals surface area (Å²) >= 11 is 1.50. The van der Waals surface area contributed by atoms with Gasteiger partial charge in [-0.2, -0.15) is 16.9 Å². The summed E-state index contributed by atoms with van der Waals surface area (Å²) in [6, 6.07) is 6.07. The Morgan fingerprint density at radius 1 is 1.33 bits per heavy atom. The van der Waals surface area contributed by atoms with Crippen LogP contribution in [0.1, 0.15) is 12.1 Å². The van der Waals surface area contributed by atoms with Gasteiger partial charge < -0.3 is 10.4 Å². The Morgan fingerprint density at radius 2 is 2.00 bits per heavy atom. The highest BCUT2D eigenvalue weighted by atomic mass is 32.2. The SMILES string of the molecule is CSCC[C@H](NC(=O)Cn1nc(C)c2ccccc2c1=O)C(=O)O. The molecule has 1 heterocycles. The molecule has 1 aromatic carbocycles. The molecule has 1 aromatic heterocycles. The van der Waals surface area contributed by atoms with Crippen LogP contribution in [0.4, 0.5) is 0 Å². The van der Waals surface area contributed by atoms with Crippen molar-refractivity contribution in [3.05, 3.63) is 40.3 Å². The van der Waals surface area contributed by atoms with Crippen LogP contribution in [0.15, 0.2) is 29.1 Å². The lowest BCUT2D eigenvalue weighted by atomic mass is 10.1. The third-order valence-corrected chi connectivity index (χ3v) is 4.23. The van der Waals surface area contributed by atoms with Crippen LogP contribution in [0.25, 0.3) is 10.8 Å². The van der Waals surface area contributed by atoms with Gasteiger partial charge in [0.05, 0.1) is 11.1 Å². The summed E-state index contributed by atoms with van der Waals surface area (Å²) in [5, 5.41) is 17.0. The van der Waals surface area contributed by atoms with Gasteiger partial charge in [-0.15, -0.1) is 0 Å². The van der Waals surface area contributed by atoms with Gasteiger partial charge in [0.1, 0.15) is 12.6 Å². The van der Waals surface area contributed by atoms with Crippen LogP contribution >= 0.6 is 11.8 Å². The van der Waals surface area contributed by atoms with Crippen LogP contribution in [0.2, 0.25) is 0 Å². The van der Waals surface area contributed by atoms with E-state index >= 15 is 0 Å². The number of aryl methyl sites for hydroxylation is 1. The van der Waals surface area contributed by atoms with E-state index < -0.39 is 17.9 Å². The lowest BCUT2D eigenvalue weighted by molar-refractivity contribution is -0.142. The Labute approximate surface area is 143 Å². The number of carboxylic acid groups (broad SMARTS) is 1. The molecule has 1 amide bonds. The predicted octanol–water partition coefficient (Wildman–Crippen LogP) is 1.03. The van der Waals surface area contributed by atoms with Gasteiger partial charge in [0.25, 0.3) is 5.56 Å². The van der Waals surface area contributed by atoms with Gasteiger partial charge in [-0.3, -0.25) is 9.59 Å². The first-order chi connectivity index (χ1) is 11.4. The normalized spacial score (nSPS) is 12.1. The number of hydrogen-bond acceptors (Lipinski definition) is 5. The van der Waals surface area contributed by atoms with Gasteiger partial charge in [-0.05, 0) is 31.4 Å². The number of aliphatic carboxylic acids is 1. The fraction of sp³-hybridized carbons (Fsp3) is 0.375. The summed E-state index contributed by atoms with van der Waals surface area (Å²) in [5.41, 5.74) is 0.262. The van der Waals surface area contributed by atoms with Crippen molar-refractivity contribution in [3.8, 4) is 0 Å². The summed E-state index contributed by atoms with van der Waals surface area (Å²) in [4.78, 5) is 35.7. The maximum atomic E-state index is 12.4. The van der Waals surface area contributed by atoms with Gasteiger partial charge in [0.15, 0.2) is 0 Å². The van der Waals surface area contributed by atoms with Crippen LogP contribution in [0.3, 0.4) is 0 Å². The molecule has 0 aliphatic carbocycles. The lowest BCUT2D eigenvalue weighted by Gasteiger charge is -2.14. The van der Waals surface area contributed by atoms with Crippen molar-refractivity contribution in [2.75, 3.05) is 12.0 Å². The summed E-state index contributed by atoms with van der Waals surface area (Å²) < 4.78 is 1.07. The average Bonchev–Trinajstić information content (AvgIpc) is 2.56. The fourth-order valence-electron chi connectivity index (χ4n) is 2.38. The van der Waals surface area contributed by atoms with Crippen LogP contribution in [0, 0.1) is 6.92 Å². The Hall–Kier alpha value is -2.35. The van der Waals surface area contributed by atoms with E-state index in [9.17, 15) is 14.4 Å². The topological polar surface area (TPSA) is 101 Å². The monoisotopic (exact) mass is 349 g/mol. The summed E-state index contributed by atoms with van der Waals surface area (Å²) in [5.74, 6) is -1.02. The largest absolute Gasteiger partial charge is 0.480 e. The van der Waals surface area contributed by atoms with Crippen LogP contribution in [-0.2, 0) is 16.1 Å². The van der Waals surface area contributed by atoms with Crippen molar-refractivity contribution in [3.63, 3.8) is 0 Å². The minimum atomic E-state index is -1.09. The minimum absolute atomic E-state index is 0.312. The second-order valence-corrected chi connectivity index (χ2v) is 6.32. The van der Waals surface area contributed by atoms with Crippen LogP contribution in [-0.4, -0.2) is 44.8 Å². The highest BCUT2D eigenvalue weighted by Gasteiger charge is 2.20. The summed E-state index contributed by atoms with van der Waals surface area (Å²) in [6.07, 6.45) is 2.18. The molecule has 0 spiro atoms. The van der Waals surface area contributed by atoms with E-state index in [4.69, 9.17) is 5.11 Å². The van der Waals surface area contributed by atoms with E-state index in [0.717, 1.165) is 10.1 Å². The molecule has 2 rings (SSSR count). The van der Waals surface area contributed by atoms with Crippen molar-refractivity contribution in [2.45, 2.75) is 25.9 Å². The zero-order valence-electron chi connectivity index (χ0n) is 13.5. The van der Waals surface area contributed by atoms with E-state index in [1.807, 2.05) is 12.3 Å². The first kappa shape index (κ1) is 18.0. The number of rotatable bonds is 7. The van der Waals surface area contributed by atoms with Crippen molar-refractivity contribution < 1.29 is 14.7 Å². The smallest absolute Gasteiger partial charge is 0.326 e. The number of hydrogen-bond donors (Lipinski definition) is 2. The number of thioether (sulfide) groups is 1. The second-order valence-electron chi connectivity index (χ2n) is 5.33. The average molecular weight is 349 g/mol. The predicted molar refractivity (Wildman–Crippen MR) is 93.3 cm³/mol. The number of fused-ring (bicyclic) bond motifs is 1. The molecule has 0 saturated heterocycles. The Kier molecular flexibility index (Phi) is 5.97. The zero-order valence-corrected chi connectivity index (χ0v) is 14.3. The highest BCUT2D eigenvalue weighted by Crippen LogP contribution is 2.11. The van der Waals surface area contributed by atoms with Crippen LogP contribution < -0.4 is 10.9 Å². The van der Waals surface area contributed by atoms with Crippen molar-refractivity contribution >= 4 is 34.4 Å². The van der Waals surface area contributed by atoms with Crippen molar-refractivity contribution in [1.82, 2.24) is 15.1 Å². The Balaban J connectivity index is 2.20. The number of carbonyl (C=O) groups is 2. The third kappa shape index (κ3) is 4.14. The second kappa shape index (κ2) is 7.96. The molecule has 0 unspecified atom stereocenters. The molecule has 0 radical (unpaired) electrons. The maximum Gasteiger partial charge on any atom is 0.326 e. The highest BCUT2D eigenvalue weighted by molar-refractivity contribution is 7.98. The number of carboxylic acids is 1. The van der Waals surface area contributed by atoms with Gasteiger partial charge in [-0.1, -0.05) is 18.2 Å². The van der Waals surface area contributed by atoms with E-state index in [2.05, 4.69) is 10.4 Å². The molecular weight excluding hydrogens is 330 g/mol. The quantitative estimate of drug-likeness (QED) is 0.774. The van der Waals surface area contributed by atoms with Crippen molar-refractivity contribution in [2.24, 2.45) is 0 Å². The number of aromatic nitrogens is 2.